The second-order valence-electron chi connectivity index (χ2n) is 4.40. The number of amides is 1. The van der Waals surface area contributed by atoms with E-state index in [2.05, 4.69) is 20.7 Å². The average molecular weight is 279 g/mol. The fourth-order valence-electron chi connectivity index (χ4n) is 2.12. The average Bonchev–Trinajstić information content (AvgIpc) is 2.54. The molecule has 3 rings (SSSR count). The van der Waals surface area contributed by atoms with Gasteiger partial charge in [0.2, 0.25) is 0 Å². The molecule has 104 valence electrons. The number of hydrogen-bond acceptors (Lipinski definition) is 5. The highest BCUT2D eigenvalue weighted by molar-refractivity contribution is 6.14. The van der Waals surface area contributed by atoms with E-state index in [1.165, 1.54) is 6.20 Å². The zero-order valence-corrected chi connectivity index (χ0v) is 11.1. The van der Waals surface area contributed by atoms with E-state index in [0.29, 0.717) is 17.1 Å². The van der Waals surface area contributed by atoms with Gasteiger partial charge in [0.05, 0.1) is 5.56 Å². The first-order valence-corrected chi connectivity index (χ1v) is 6.35. The molecule has 0 aliphatic heterocycles. The van der Waals surface area contributed by atoms with E-state index in [0.717, 1.165) is 10.8 Å². The van der Waals surface area contributed by atoms with Crippen LogP contribution in [-0.2, 0) is 0 Å². The van der Waals surface area contributed by atoms with E-state index in [4.69, 9.17) is 5.84 Å². The van der Waals surface area contributed by atoms with Crippen molar-refractivity contribution in [2.45, 2.75) is 0 Å². The maximum atomic E-state index is 12.4. The molecule has 0 unspecified atom stereocenters. The number of aromatic nitrogens is 2. The molecule has 0 saturated carbocycles. The van der Waals surface area contributed by atoms with Crippen LogP contribution in [0, 0.1) is 0 Å². The molecule has 0 fully saturated rings. The van der Waals surface area contributed by atoms with Gasteiger partial charge in [-0.1, -0.05) is 24.3 Å². The first-order chi connectivity index (χ1) is 10.3. The van der Waals surface area contributed by atoms with Crippen molar-refractivity contribution in [3.63, 3.8) is 0 Å². The predicted octanol–water partition coefficient (Wildman–Crippen LogP) is 2.17. The highest BCUT2D eigenvalue weighted by Crippen LogP contribution is 2.24. The molecule has 1 aromatic carbocycles. The van der Waals surface area contributed by atoms with Crippen molar-refractivity contribution in [2.75, 3.05) is 10.7 Å². The summed E-state index contributed by atoms with van der Waals surface area (Å²) in [7, 11) is 0. The van der Waals surface area contributed by atoms with Crippen LogP contribution >= 0.6 is 0 Å². The lowest BCUT2D eigenvalue weighted by Gasteiger charge is -2.10. The first-order valence-electron chi connectivity index (χ1n) is 6.35. The number of nitrogens with two attached hydrogens (primary N) is 1. The summed E-state index contributed by atoms with van der Waals surface area (Å²) in [5, 5.41) is 4.40. The topological polar surface area (TPSA) is 92.9 Å². The Morgan fingerprint density at radius 2 is 1.76 bits per heavy atom. The van der Waals surface area contributed by atoms with Gasteiger partial charge in [-0.25, -0.2) is 10.8 Å². The summed E-state index contributed by atoms with van der Waals surface area (Å²) in [6, 6.07) is 10.9. The van der Waals surface area contributed by atoms with Crippen LogP contribution in [-0.4, -0.2) is 15.9 Å². The van der Waals surface area contributed by atoms with Crippen molar-refractivity contribution in [2.24, 2.45) is 5.84 Å². The van der Waals surface area contributed by atoms with Gasteiger partial charge in [0.25, 0.3) is 5.91 Å². The Kier molecular flexibility index (Phi) is 3.44. The van der Waals surface area contributed by atoms with Crippen molar-refractivity contribution in [3.05, 3.63) is 60.6 Å². The molecule has 2 aromatic heterocycles. The van der Waals surface area contributed by atoms with Crippen molar-refractivity contribution in [1.82, 2.24) is 9.97 Å². The Labute approximate surface area is 121 Å². The SMILES string of the molecule is NNc1ncc(C(=O)Nc2ccncc2)c2ccccc12. The lowest BCUT2D eigenvalue weighted by atomic mass is 10.1. The fraction of sp³-hybridized carbons (Fsp3) is 0. The van der Waals surface area contributed by atoms with Gasteiger partial charge in [-0.05, 0) is 17.5 Å². The Morgan fingerprint density at radius 3 is 2.48 bits per heavy atom. The van der Waals surface area contributed by atoms with Crippen molar-refractivity contribution < 1.29 is 4.79 Å². The number of fused-ring (bicyclic) bond motifs is 1. The third kappa shape index (κ3) is 2.52. The zero-order valence-electron chi connectivity index (χ0n) is 11.1. The van der Waals surface area contributed by atoms with E-state index >= 15 is 0 Å². The summed E-state index contributed by atoms with van der Waals surface area (Å²) in [5.41, 5.74) is 3.70. The lowest BCUT2D eigenvalue weighted by Crippen LogP contribution is -2.15. The Balaban J connectivity index is 2.03. The molecule has 0 spiro atoms. The van der Waals surface area contributed by atoms with Gasteiger partial charge in [-0.2, -0.15) is 0 Å². The van der Waals surface area contributed by atoms with Crippen molar-refractivity contribution in [1.29, 1.82) is 0 Å². The van der Waals surface area contributed by atoms with Crippen molar-refractivity contribution in [3.8, 4) is 0 Å². The van der Waals surface area contributed by atoms with Gasteiger partial charge in [-0.3, -0.25) is 9.78 Å². The minimum Gasteiger partial charge on any atom is -0.322 e. The van der Waals surface area contributed by atoms with Gasteiger partial charge in [-0.15, -0.1) is 0 Å². The lowest BCUT2D eigenvalue weighted by molar-refractivity contribution is 0.102. The molecule has 4 N–H and O–H groups in total. The molecule has 0 aliphatic carbocycles. The predicted molar refractivity (Wildman–Crippen MR) is 81.7 cm³/mol. The zero-order chi connectivity index (χ0) is 14.7. The molecule has 21 heavy (non-hydrogen) atoms. The fourth-order valence-corrected chi connectivity index (χ4v) is 2.12. The largest absolute Gasteiger partial charge is 0.322 e. The number of nitrogen functional groups attached to an aromatic ring is 1. The van der Waals surface area contributed by atoms with Gasteiger partial charge in [0.1, 0.15) is 5.82 Å². The van der Waals surface area contributed by atoms with Crippen LogP contribution in [0.4, 0.5) is 11.5 Å². The smallest absolute Gasteiger partial charge is 0.257 e. The van der Waals surface area contributed by atoms with Crippen LogP contribution in [0.5, 0.6) is 0 Å². The molecule has 2 heterocycles. The monoisotopic (exact) mass is 279 g/mol. The Bertz CT molecular complexity index is 788. The summed E-state index contributed by atoms with van der Waals surface area (Å²) < 4.78 is 0. The quantitative estimate of drug-likeness (QED) is 0.504. The third-order valence-electron chi connectivity index (χ3n) is 3.11. The van der Waals surface area contributed by atoms with Crippen LogP contribution in [0.2, 0.25) is 0 Å². The molecule has 6 nitrogen and oxygen atoms in total. The third-order valence-corrected chi connectivity index (χ3v) is 3.11. The van der Waals surface area contributed by atoms with Gasteiger partial charge in [0.15, 0.2) is 0 Å². The van der Waals surface area contributed by atoms with Crippen LogP contribution < -0.4 is 16.6 Å². The highest BCUT2D eigenvalue weighted by Gasteiger charge is 2.13. The molecule has 1 amide bonds. The molecular weight excluding hydrogens is 266 g/mol. The second-order valence-corrected chi connectivity index (χ2v) is 4.40. The minimum absolute atomic E-state index is 0.228. The van der Waals surface area contributed by atoms with Crippen LogP contribution in [0.25, 0.3) is 10.8 Å². The Morgan fingerprint density at radius 1 is 1.05 bits per heavy atom. The summed E-state index contributed by atoms with van der Waals surface area (Å²) in [5.74, 6) is 5.75. The summed E-state index contributed by atoms with van der Waals surface area (Å²) in [4.78, 5) is 20.5. The number of hydrazine groups is 1. The van der Waals surface area contributed by atoms with Crippen LogP contribution in [0.15, 0.2) is 55.0 Å². The number of carbonyl (C=O) groups is 1. The molecule has 0 saturated heterocycles. The number of pyridine rings is 2. The van der Waals surface area contributed by atoms with E-state index in [1.807, 2.05) is 24.3 Å². The Hall–Kier alpha value is -2.99. The maximum Gasteiger partial charge on any atom is 0.257 e. The molecule has 0 atom stereocenters. The van der Waals surface area contributed by atoms with E-state index in [9.17, 15) is 4.79 Å². The van der Waals surface area contributed by atoms with Gasteiger partial charge >= 0.3 is 0 Å². The van der Waals surface area contributed by atoms with Gasteiger partial charge < -0.3 is 10.7 Å². The molecule has 0 bridgehead atoms. The number of carbonyl (C=O) groups excluding carboxylic acids is 1. The summed E-state index contributed by atoms with van der Waals surface area (Å²) >= 11 is 0. The molecule has 0 aliphatic rings. The maximum absolute atomic E-state index is 12.4. The molecule has 6 heteroatoms. The summed E-state index contributed by atoms with van der Waals surface area (Å²) in [6.45, 7) is 0. The number of nitrogens with one attached hydrogen (secondary N) is 2. The number of benzene rings is 1. The normalized spacial score (nSPS) is 10.3. The van der Waals surface area contributed by atoms with Crippen LogP contribution in [0.3, 0.4) is 0 Å². The number of anilines is 2. The summed E-state index contributed by atoms with van der Waals surface area (Å²) in [6.07, 6.45) is 4.74. The van der Waals surface area contributed by atoms with E-state index < -0.39 is 0 Å². The molecule has 0 radical (unpaired) electrons. The van der Waals surface area contributed by atoms with Crippen molar-refractivity contribution >= 4 is 28.2 Å². The minimum atomic E-state index is -0.228. The van der Waals surface area contributed by atoms with Gasteiger partial charge in [0, 0.05) is 29.7 Å². The molecule has 3 aromatic rings. The molecular formula is C15H13N5O. The number of hydrogen-bond donors (Lipinski definition) is 3. The number of rotatable bonds is 3. The number of nitrogens with zero attached hydrogens (tertiary/aromatic N) is 2. The van der Waals surface area contributed by atoms with Crippen LogP contribution in [0.1, 0.15) is 10.4 Å². The van der Waals surface area contributed by atoms with E-state index in [1.54, 1.807) is 24.5 Å². The van der Waals surface area contributed by atoms with E-state index in [-0.39, 0.29) is 5.91 Å². The first kappa shape index (κ1) is 13.0. The highest BCUT2D eigenvalue weighted by atomic mass is 16.1. The standard InChI is InChI=1S/C15H13N5O/c16-20-14-12-4-2-1-3-11(12)13(9-18-14)15(21)19-10-5-7-17-8-6-10/h1-9H,16H2,(H,18,20)(H,17,19,21). The second kappa shape index (κ2) is 5.56.